The molecule has 0 radical (unpaired) electrons. The fourth-order valence-electron chi connectivity index (χ4n) is 2.66. The zero-order chi connectivity index (χ0) is 21.7. The number of carbonyl (C=O) groups excluding carboxylic acids is 1. The monoisotopic (exact) mass is 418 g/mol. The van der Waals surface area contributed by atoms with E-state index in [-0.39, 0.29) is 16.2 Å². The standard InChI is InChI=1S/C21H46O4Si2/c1-19(2,3)26(9,10)24-17-13-15-21(7,18(23-8)14-16-22)25-27(11,12)20(4,5)6/h16,18H,13-15,17H2,1-12H3/t18-,21-/m1/s1. The van der Waals surface area contributed by atoms with Crippen LogP contribution in [-0.4, -0.2) is 48.3 Å². The summed E-state index contributed by atoms with van der Waals surface area (Å²) in [5.74, 6) is 0. The Kier molecular flexibility index (Phi) is 9.65. The van der Waals surface area contributed by atoms with Crippen molar-refractivity contribution in [2.24, 2.45) is 0 Å². The molecule has 0 aliphatic rings. The maximum atomic E-state index is 11.2. The van der Waals surface area contributed by atoms with Crippen molar-refractivity contribution in [3.05, 3.63) is 0 Å². The number of rotatable bonds is 11. The highest BCUT2D eigenvalue weighted by atomic mass is 28.4. The predicted molar refractivity (Wildman–Crippen MR) is 121 cm³/mol. The summed E-state index contributed by atoms with van der Waals surface area (Å²) in [4.78, 5) is 11.2. The molecular weight excluding hydrogens is 372 g/mol. The van der Waals surface area contributed by atoms with Gasteiger partial charge in [0, 0.05) is 20.1 Å². The molecule has 0 aromatic carbocycles. The molecule has 0 rings (SSSR count). The first-order chi connectivity index (χ1) is 11.9. The maximum Gasteiger partial charge on any atom is 0.192 e. The zero-order valence-corrected chi connectivity index (χ0v) is 22.1. The molecule has 0 spiro atoms. The molecule has 0 bridgehead atoms. The second kappa shape index (κ2) is 9.66. The van der Waals surface area contributed by atoms with E-state index < -0.39 is 22.2 Å². The van der Waals surface area contributed by atoms with Gasteiger partial charge in [0.2, 0.25) is 0 Å². The van der Waals surface area contributed by atoms with Crippen LogP contribution in [0.1, 0.15) is 67.7 Å². The molecule has 0 aromatic rings. The second-order valence-electron chi connectivity index (χ2n) is 11.0. The minimum atomic E-state index is -2.00. The van der Waals surface area contributed by atoms with Gasteiger partial charge in [0.05, 0.1) is 11.7 Å². The number of hydrogen-bond acceptors (Lipinski definition) is 4. The molecule has 162 valence electrons. The summed E-state index contributed by atoms with van der Waals surface area (Å²) in [5, 5.41) is 0.311. The van der Waals surface area contributed by atoms with E-state index in [1.54, 1.807) is 7.11 Å². The Balaban J connectivity index is 5.26. The number of ether oxygens (including phenoxy) is 1. The maximum absolute atomic E-state index is 11.2. The molecule has 0 unspecified atom stereocenters. The van der Waals surface area contributed by atoms with Gasteiger partial charge in [0.15, 0.2) is 16.6 Å². The minimum Gasteiger partial charge on any atom is -0.417 e. The van der Waals surface area contributed by atoms with E-state index in [1.165, 1.54) is 0 Å². The Morgan fingerprint density at radius 2 is 1.37 bits per heavy atom. The molecule has 2 atom stereocenters. The van der Waals surface area contributed by atoms with Crippen LogP contribution in [0.4, 0.5) is 0 Å². The molecule has 0 saturated heterocycles. The van der Waals surface area contributed by atoms with Crippen LogP contribution in [0.2, 0.25) is 36.3 Å². The van der Waals surface area contributed by atoms with Crippen LogP contribution in [0.15, 0.2) is 0 Å². The molecule has 0 amide bonds. The third kappa shape index (κ3) is 7.73. The average molecular weight is 419 g/mol. The van der Waals surface area contributed by atoms with E-state index in [1.807, 2.05) is 0 Å². The van der Waals surface area contributed by atoms with Crippen LogP contribution >= 0.6 is 0 Å². The molecule has 0 aliphatic heterocycles. The lowest BCUT2D eigenvalue weighted by molar-refractivity contribution is -0.118. The van der Waals surface area contributed by atoms with E-state index >= 15 is 0 Å². The summed E-state index contributed by atoms with van der Waals surface area (Å²) in [6.45, 7) is 25.4. The van der Waals surface area contributed by atoms with Crippen LogP contribution in [0.25, 0.3) is 0 Å². The van der Waals surface area contributed by atoms with Crippen molar-refractivity contribution >= 4 is 22.9 Å². The molecular formula is C21H46O4Si2. The lowest BCUT2D eigenvalue weighted by atomic mass is 9.91. The van der Waals surface area contributed by atoms with Crippen LogP contribution in [0.5, 0.6) is 0 Å². The molecule has 0 aliphatic carbocycles. The van der Waals surface area contributed by atoms with E-state index in [0.29, 0.717) is 6.42 Å². The molecule has 0 aromatic heterocycles. The Labute approximate surface area is 171 Å². The second-order valence-corrected chi connectivity index (χ2v) is 20.5. The Bertz CT molecular complexity index is 464. The van der Waals surface area contributed by atoms with Crippen molar-refractivity contribution in [3.8, 4) is 0 Å². The van der Waals surface area contributed by atoms with Crippen LogP contribution in [0, 0.1) is 0 Å². The smallest absolute Gasteiger partial charge is 0.192 e. The first kappa shape index (κ1) is 27.0. The van der Waals surface area contributed by atoms with Crippen molar-refractivity contribution in [1.82, 2.24) is 0 Å². The zero-order valence-electron chi connectivity index (χ0n) is 20.1. The van der Waals surface area contributed by atoms with Crippen LogP contribution < -0.4 is 0 Å². The summed E-state index contributed by atoms with van der Waals surface area (Å²) in [5.41, 5.74) is -0.491. The molecule has 0 N–H and O–H groups in total. The third-order valence-corrected chi connectivity index (χ3v) is 15.8. The Morgan fingerprint density at radius 1 is 0.889 bits per heavy atom. The van der Waals surface area contributed by atoms with Crippen LogP contribution in [0.3, 0.4) is 0 Å². The van der Waals surface area contributed by atoms with Crippen molar-refractivity contribution in [3.63, 3.8) is 0 Å². The van der Waals surface area contributed by atoms with Gasteiger partial charge in [-0.1, -0.05) is 41.5 Å². The van der Waals surface area contributed by atoms with Crippen molar-refractivity contribution in [1.29, 1.82) is 0 Å². The number of hydrogen-bond donors (Lipinski definition) is 0. The summed E-state index contributed by atoms with van der Waals surface area (Å²) in [6.07, 6.45) is 2.77. The van der Waals surface area contributed by atoms with Gasteiger partial charge in [-0.25, -0.2) is 0 Å². The summed E-state index contributed by atoms with van der Waals surface area (Å²) < 4.78 is 18.9. The number of carbonyl (C=O) groups is 1. The first-order valence-corrected chi connectivity index (χ1v) is 16.1. The van der Waals surface area contributed by atoms with Gasteiger partial charge in [0.25, 0.3) is 0 Å². The normalized spacial score (nSPS) is 17.5. The quantitative estimate of drug-likeness (QED) is 0.228. The first-order valence-electron chi connectivity index (χ1n) is 10.2. The molecule has 0 heterocycles. The van der Waals surface area contributed by atoms with E-state index in [0.717, 1.165) is 25.7 Å². The largest absolute Gasteiger partial charge is 0.417 e. The fourth-order valence-corrected chi connectivity index (χ4v) is 5.46. The van der Waals surface area contributed by atoms with Crippen molar-refractivity contribution < 1.29 is 18.4 Å². The summed E-state index contributed by atoms with van der Waals surface area (Å²) in [6, 6.07) is 0. The highest BCUT2D eigenvalue weighted by Gasteiger charge is 2.46. The SMILES string of the molecule is CO[C@H](CC=O)[C@@](C)(CCCO[Si](C)(C)C(C)(C)C)O[Si](C)(C)C(C)(C)C. The highest BCUT2D eigenvalue weighted by molar-refractivity contribution is 6.74. The van der Waals surface area contributed by atoms with Crippen molar-refractivity contribution in [2.45, 2.75) is 116 Å². The minimum absolute atomic E-state index is 0.103. The number of methoxy groups -OCH3 is 1. The molecule has 0 saturated carbocycles. The Hall–Kier alpha value is -0.0162. The lowest BCUT2D eigenvalue weighted by Gasteiger charge is -2.47. The fraction of sp³-hybridized carbons (Fsp3) is 0.952. The lowest BCUT2D eigenvalue weighted by Crippen LogP contribution is -2.54. The molecule has 0 fully saturated rings. The molecule has 6 heteroatoms. The predicted octanol–water partition coefficient (Wildman–Crippen LogP) is 6.17. The topological polar surface area (TPSA) is 44.8 Å². The number of aldehydes is 1. The van der Waals surface area contributed by atoms with Gasteiger partial charge in [-0.05, 0) is 56.0 Å². The van der Waals surface area contributed by atoms with Gasteiger partial charge in [-0.2, -0.15) is 0 Å². The average Bonchev–Trinajstić information content (AvgIpc) is 2.46. The summed E-state index contributed by atoms with van der Waals surface area (Å²) in [7, 11) is -2.08. The van der Waals surface area contributed by atoms with Crippen LogP contribution in [-0.2, 0) is 18.4 Å². The van der Waals surface area contributed by atoms with E-state index in [9.17, 15) is 4.79 Å². The van der Waals surface area contributed by atoms with Gasteiger partial charge in [-0.3, -0.25) is 0 Å². The van der Waals surface area contributed by atoms with E-state index in [4.69, 9.17) is 13.6 Å². The summed E-state index contributed by atoms with van der Waals surface area (Å²) >= 11 is 0. The molecule has 4 nitrogen and oxygen atoms in total. The van der Waals surface area contributed by atoms with Gasteiger partial charge in [-0.15, -0.1) is 0 Å². The molecule has 27 heavy (non-hydrogen) atoms. The van der Waals surface area contributed by atoms with Crippen molar-refractivity contribution in [2.75, 3.05) is 13.7 Å². The Morgan fingerprint density at radius 3 is 1.74 bits per heavy atom. The van der Waals surface area contributed by atoms with Gasteiger partial charge < -0.3 is 18.4 Å². The third-order valence-electron chi connectivity index (χ3n) is 6.66. The highest BCUT2D eigenvalue weighted by Crippen LogP contribution is 2.42. The van der Waals surface area contributed by atoms with Gasteiger partial charge in [0.1, 0.15) is 6.29 Å². The van der Waals surface area contributed by atoms with Gasteiger partial charge >= 0.3 is 0 Å². The van der Waals surface area contributed by atoms with E-state index in [2.05, 4.69) is 74.7 Å².